The highest BCUT2D eigenvalue weighted by molar-refractivity contribution is 6.21. The summed E-state index contributed by atoms with van der Waals surface area (Å²) < 4.78 is 6.39. The topological polar surface area (TPSA) is 21.6 Å². The van der Waals surface area contributed by atoms with E-state index in [1.807, 2.05) is 0 Å². The average molecular weight is 372 g/mol. The summed E-state index contributed by atoms with van der Waals surface area (Å²) in [6, 6.07) is 16.9. The lowest BCUT2D eigenvalue weighted by atomic mass is 9.80. The Morgan fingerprint density at radius 1 is 0.964 bits per heavy atom. The number of nitrogens with zero attached hydrogens (tertiary/aromatic N) is 1. The molecule has 1 aliphatic carbocycles. The number of allylic oxidation sites excluding steroid dienone is 2. The lowest BCUT2D eigenvalue weighted by molar-refractivity contribution is 0.0567. The molecule has 0 unspecified atom stereocenters. The molecule has 2 heteroatoms. The Morgan fingerprint density at radius 2 is 1.61 bits per heavy atom. The number of ether oxygens (including phenoxy) is 1. The van der Waals surface area contributed by atoms with E-state index in [-0.39, 0.29) is 11.0 Å². The fraction of sp³-hybridized carbons (Fsp3) is 0.346. The Kier molecular flexibility index (Phi) is 4.33. The molecule has 2 aromatic rings. The Labute approximate surface area is 168 Å². The molecule has 0 amide bonds. The summed E-state index contributed by atoms with van der Waals surface area (Å²) in [6.07, 6.45) is 1.96. The smallest absolute Gasteiger partial charge is 0.131 e. The Morgan fingerprint density at radius 3 is 2.25 bits per heavy atom. The molecule has 0 radical (unpaired) electrons. The van der Waals surface area contributed by atoms with Crippen molar-refractivity contribution >= 4 is 17.2 Å². The minimum absolute atomic E-state index is 0.138. The van der Waals surface area contributed by atoms with Crippen LogP contribution in [0.1, 0.15) is 64.2 Å². The van der Waals surface area contributed by atoms with Gasteiger partial charge in [0.2, 0.25) is 0 Å². The molecule has 0 fully saturated rings. The van der Waals surface area contributed by atoms with Gasteiger partial charge in [-0.15, -0.1) is 0 Å². The molecular formula is C26H29NO. The minimum Gasteiger partial charge on any atom is -0.487 e. The van der Waals surface area contributed by atoms with Crippen molar-refractivity contribution in [3.63, 3.8) is 0 Å². The van der Waals surface area contributed by atoms with Gasteiger partial charge in [-0.2, -0.15) is 0 Å². The zero-order chi connectivity index (χ0) is 20.1. The Bertz CT molecular complexity index is 997. The number of benzene rings is 2. The molecule has 0 N–H and O–H groups in total. The van der Waals surface area contributed by atoms with Crippen molar-refractivity contribution in [1.29, 1.82) is 0 Å². The first kappa shape index (κ1) is 18.7. The maximum absolute atomic E-state index is 6.39. The molecule has 0 saturated heterocycles. The third-order valence-electron chi connectivity index (χ3n) is 5.68. The second-order valence-electron chi connectivity index (χ2n) is 9.45. The molecule has 1 heterocycles. The molecule has 2 aliphatic rings. The molecule has 0 aromatic heterocycles. The first-order chi connectivity index (χ1) is 13.2. The van der Waals surface area contributed by atoms with Crippen molar-refractivity contribution in [2.24, 2.45) is 4.99 Å². The molecule has 0 atom stereocenters. The first-order valence-corrected chi connectivity index (χ1v) is 10.1. The van der Waals surface area contributed by atoms with Crippen LogP contribution >= 0.6 is 0 Å². The van der Waals surface area contributed by atoms with Gasteiger partial charge in [-0.05, 0) is 49.8 Å². The van der Waals surface area contributed by atoms with E-state index < -0.39 is 0 Å². The van der Waals surface area contributed by atoms with Gasteiger partial charge in [-0.25, -0.2) is 4.99 Å². The van der Waals surface area contributed by atoms with Crippen LogP contribution in [0, 0.1) is 0 Å². The van der Waals surface area contributed by atoms with Crippen LogP contribution in [-0.4, -0.2) is 11.3 Å². The summed E-state index contributed by atoms with van der Waals surface area (Å²) in [7, 11) is 0. The van der Waals surface area contributed by atoms with E-state index >= 15 is 0 Å². The lowest BCUT2D eigenvalue weighted by Crippen LogP contribution is -2.31. The van der Waals surface area contributed by atoms with Crippen LogP contribution < -0.4 is 0 Å². The van der Waals surface area contributed by atoms with Crippen molar-refractivity contribution in [1.82, 2.24) is 0 Å². The van der Waals surface area contributed by atoms with Crippen LogP contribution in [0.4, 0.5) is 5.69 Å². The number of hydrogen-bond acceptors (Lipinski definition) is 2. The number of rotatable bonds is 1. The van der Waals surface area contributed by atoms with Crippen molar-refractivity contribution in [3.8, 4) is 0 Å². The Hall–Kier alpha value is -2.61. The number of hydrogen-bond donors (Lipinski definition) is 0. The van der Waals surface area contributed by atoms with Crippen molar-refractivity contribution in [2.45, 2.75) is 58.5 Å². The monoisotopic (exact) mass is 371 g/mol. The quantitative estimate of drug-likeness (QED) is 0.530. The summed E-state index contributed by atoms with van der Waals surface area (Å²) in [5.41, 5.74) is 7.63. The van der Waals surface area contributed by atoms with E-state index in [9.17, 15) is 0 Å². The van der Waals surface area contributed by atoms with Crippen LogP contribution in [0.15, 0.2) is 71.2 Å². The van der Waals surface area contributed by atoms with E-state index in [1.54, 1.807) is 0 Å². The largest absolute Gasteiger partial charge is 0.487 e. The van der Waals surface area contributed by atoms with Gasteiger partial charge in [0.05, 0.1) is 11.4 Å². The minimum atomic E-state index is -0.149. The van der Waals surface area contributed by atoms with E-state index in [1.165, 1.54) is 11.1 Å². The molecule has 144 valence electrons. The number of aliphatic imine (C=N–C) groups is 1. The summed E-state index contributed by atoms with van der Waals surface area (Å²) in [6.45, 7) is 15.4. The van der Waals surface area contributed by atoms with Gasteiger partial charge in [0.15, 0.2) is 0 Å². The summed E-state index contributed by atoms with van der Waals surface area (Å²) in [5, 5.41) is 0. The predicted octanol–water partition coefficient (Wildman–Crippen LogP) is 6.97. The third-order valence-corrected chi connectivity index (χ3v) is 5.68. The van der Waals surface area contributed by atoms with Gasteiger partial charge in [0.1, 0.15) is 11.4 Å². The zero-order valence-electron chi connectivity index (χ0n) is 17.6. The summed E-state index contributed by atoms with van der Waals surface area (Å²) in [5.74, 6) is 0.985. The first-order valence-electron chi connectivity index (χ1n) is 10.1. The molecule has 1 aliphatic heterocycles. The summed E-state index contributed by atoms with van der Waals surface area (Å²) >= 11 is 0. The zero-order valence-corrected chi connectivity index (χ0v) is 17.6. The van der Waals surface area contributed by atoms with Gasteiger partial charge >= 0.3 is 0 Å². The Balaban J connectivity index is 1.80. The lowest BCUT2D eigenvalue weighted by Gasteiger charge is -2.38. The third kappa shape index (κ3) is 3.32. The van der Waals surface area contributed by atoms with Crippen LogP contribution in [0.5, 0.6) is 0 Å². The molecule has 28 heavy (non-hydrogen) atoms. The van der Waals surface area contributed by atoms with Crippen LogP contribution in [0.25, 0.3) is 5.76 Å². The fourth-order valence-electron chi connectivity index (χ4n) is 3.92. The maximum atomic E-state index is 6.39. The van der Waals surface area contributed by atoms with E-state index in [0.717, 1.165) is 46.7 Å². The molecule has 0 spiro atoms. The van der Waals surface area contributed by atoms with Gasteiger partial charge in [-0.1, -0.05) is 63.7 Å². The maximum Gasteiger partial charge on any atom is 0.131 e. The second-order valence-corrected chi connectivity index (χ2v) is 9.45. The average Bonchev–Trinajstić information content (AvgIpc) is 2.64. The fourth-order valence-corrected chi connectivity index (χ4v) is 3.92. The molecule has 4 rings (SSSR count). The van der Waals surface area contributed by atoms with Gasteiger partial charge in [0, 0.05) is 22.3 Å². The highest BCUT2D eigenvalue weighted by Crippen LogP contribution is 2.44. The van der Waals surface area contributed by atoms with Crippen molar-refractivity contribution in [2.75, 3.05) is 0 Å². The van der Waals surface area contributed by atoms with Crippen LogP contribution in [0.3, 0.4) is 0 Å². The van der Waals surface area contributed by atoms with E-state index in [4.69, 9.17) is 9.73 Å². The van der Waals surface area contributed by atoms with Gasteiger partial charge in [-0.3, -0.25) is 0 Å². The van der Waals surface area contributed by atoms with Crippen LogP contribution in [0.2, 0.25) is 0 Å². The molecule has 2 nitrogen and oxygen atoms in total. The highest BCUT2D eigenvalue weighted by Gasteiger charge is 2.35. The standard InChI is InChI=1S/C26H29NO/c1-17-20-15-16-26(5,6)28-24(20)22-10-8-7-9-21(22)23(17)27-19-13-11-18(12-14-19)25(2,3)4/h7-14H,1,15-16H2,2-6H3/b27-23-. The van der Waals surface area contributed by atoms with Gasteiger partial charge in [0.25, 0.3) is 0 Å². The van der Waals surface area contributed by atoms with Crippen LogP contribution in [-0.2, 0) is 10.2 Å². The normalized spacial score (nSPS) is 19.9. The summed E-state index contributed by atoms with van der Waals surface area (Å²) in [4.78, 5) is 5.02. The molecule has 2 aromatic carbocycles. The SMILES string of the molecule is C=C1C2=C(OC(C)(C)CC2)c2ccccc2/C1=N\c1ccc(C(C)(C)C)cc1. The molecular weight excluding hydrogens is 342 g/mol. The van der Waals surface area contributed by atoms with E-state index in [0.29, 0.717) is 0 Å². The van der Waals surface area contributed by atoms with Gasteiger partial charge < -0.3 is 4.74 Å². The van der Waals surface area contributed by atoms with Crippen molar-refractivity contribution < 1.29 is 4.74 Å². The second kappa shape index (κ2) is 6.48. The highest BCUT2D eigenvalue weighted by atomic mass is 16.5. The predicted molar refractivity (Wildman–Crippen MR) is 118 cm³/mol. The van der Waals surface area contributed by atoms with Crippen molar-refractivity contribution in [3.05, 3.63) is 82.9 Å². The molecule has 0 bridgehead atoms. The molecule has 0 saturated carbocycles. The number of fused-ring (bicyclic) bond motifs is 2. The van der Waals surface area contributed by atoms with E-state index in [2.05, 4.69) is 89.7 Å².